The number of halogens is 2. The normalized spacial score (nSPS) is 18.2. The van der Waals surface area contributed by atoms with Crippen LogP contribution in [0, 0.1) is 37.3 Å². The van der Waals surface area contributed by atoms with Crippen molar-refractivity contribution in [2.24, 2.45) is 11.8 Å². The van der Waals surface area contributed by atoms with E-state index in [2.05, 4.69) is 59.6 Å². The lowest BCUT2D eigenvalue weighted by Gasteiger charge is -2.40. The first-order valence-corrected chi connectivity index (χ1v) is 39.6. The number of pyridine rings is 2. The molecule has 8 heterocycles. The average Bonchev–Trinajstić information content (AvgIpc) is 1.76. The van der Waals surface area contributed by atoms with Gasteiger partial charge in [0, 0.05) is 116 Å². The van der Waals surface area contributed by atoms with Gasteiger partial charge in [-0.2, -0.15) is 0 Å². The number of carbonyl (C=O) groups excluding carboxylic acids is 3. The zero-order chi connectivity index (χ0) is 67.7. The number of nitrogens with zero attached hydrogens (tertiary/aromatic N) is 10. The molecule has 4 N–H and O–H groups in total. The number of amides is 3. The quantitative estimate of drug-likeness (QED) is 0.0437. The van der Waals surface area contributed by atoms with E-state index in [4.69, 9.17) is 29.7 Å². The molecule has 4 fully saturated rings. The van der Waals surface area contributed by atoms with Crippen LogP contribution in [0.15, 0.2) is 85.5 Å². The number of anilines is 4. The van der Waals surface area contributed by atoms with E-state index < -0.39 is 45.0 Å². The fourth-order valence-electron chi connectivity index (χ4n) is 11.9. The number of piperidine rings is 2. The van der Waals surface area contributed by atoms with Crippen molar-refractivity contribution in [1.82, 2.24) is 38.9 Å². The molecule has 4 saturated heterocycles. The van der Waals surface area contributed by atoms with E-state index >= 15 is 4.39 Å². The zero-order valence-electron chi connectivity index (χ0n) is 56.7. The molecule has 25 heteroatoms. The molecular formula is C68H96F2N12O9Si2. The minimum absolute atomic E-state index is 0.0116. The summed E-state index contributed by atoms with van der Waals surface area (Å²) in [5.41, 5.74) is 11.0. The molecule has 93 heavy (non-hydrogen) atoms. The van der Waals surface area contributed by atoms with Crippen LogP contribution in [0.2, 0.25) is 51.4 Å². The third kappa shape index (κ3) is 19.7. The number of aromatic carboxylic acids is 1. The molecule has 21 nitrogen and oxygen atoms in total. The van der Waals surface area contributed by atoms with E-state index in [1.54, 1.807) is 63.4 Å². The van der Waals surface area contributed by atoms with Gasteiger partial charge in [-0.05, 0) is 154 Å². The van der Waals surface area contributed by atoms with E-state index in [1.165, 1.54) is 16.7 Å². The topological polar surface area (TPSA) is 238 Å². The van der Waals surface area contributed by atoms with E-state index in [1.807, 2.05) is 89.5 Å². The van der Waals surface area contributed by atoms with E-state index in [-0.39, 0.29) is 55.2 Å². The fourth-order valence-corrected chi connectivity index (χ4v) is 13.4. The maximum absolute atomic E-state index is 15.6. The molecular weight excluding hydrogens is 1220 g/mol. The summed E-state index contributed by atoms with van der Waals surface area (Å²) in [6.45, 7) is 33.9. The van der Waals surface area contributed by atoms with Gasteiger partial charge >= 0.3 is 18.2 Å². The number of hydrogen-bond acceptors (Lipinski definition) is 15. The highest BCUT2D eigenvalue weighted by atomic mass is 28.3. The van der Waals surface area contributed by atoms with Gasteiger partial charge in [-0.1, -0.05) is 51.4 Å². The molecule has 6 aromatic rings. The number of carboxylic acids is 1. The second-order valence-corrected chi connectivity index (χ2v) is 40.3. The van der Waals surface area contributed by atoms with Crippen molar-refractivity contribution >= 4 is 63.0 Å². The highest BCUT2D eigenvalue weighted by molar-refractivity contribution is 6.76. The molecule has 4 aromatic heterocycles. The third-order valence-electron chi connectivity index (χ3n) is 16.7. The summed E-state index contributed by atoms with van der Waals surface area (Å²) in [5, 5.41) is 12.3. The van der Waals surface area contributed by atoms with Gasteiger partial charge in [0.05, 0.1) is 46.2 Å². The molecule has 0 bridgehead atoms. The Morgan fingerprint density at radius 2 is 1.05 bits per heavy atom. The molecule has 504 valence electrons. The number of ether oxygens (including phenoxy) is 4. The van der Waals surface area contributed by atoms with Crippen LogP contribution in [0.5, 0.6) is 0 Å². The molecule has 4 aliphatic heterocycles. The molecule has 4 unspecified atom stereocenters. The Bertz CT molecular complexity index is 3560. The van der Waals surface area contributed by atoms with E-state index in [9.17, 15) is 28.7 Å². The Morgan fingerprint density at radius 1 is 0.624 bits per heavy atom. The van der Waals surface area contributed by atoms with Crippen LogP contribution in [-0.4, -0.2) is 160 Å². The van der Waals surface area contributed by atoms with Crippen molar-refractivity contribution in [2.45, 2.75) is 169 Å². The summed E-state index contributed by atoms with van der Waals surface area (Å²) in [6.07, 6.45) is 9.90. The minimum atomic E-state index is -1.30. The molecule has 0 spiro atoms. The summed E-state index contributed by atoms with van der Waals surface area (Å²) >= 11 is 0. The van der Waals surface area contributed by atoms with Crippen molar-refractivity contribution in [3.05, 3.63) is 120 Å². The average molecular weight is 1320 g/mol. The van der Waals surface area contributed by atoms with Gasteiger partial charge < -0.3 is 63.8 Å². The maximum Gasteiger partial charge on any atom is 0.410 e. The number of nitrogen functional groups attached to an aromatic ring is 1. The van der Waals surface area contributed by atoms with Gasteiger partial charge in [-0.15, -0.1) is 0 Å². The maximum atomic E-state index is 15.6. The molecule has 0 radical (unpaired) electrons. The first-order valence-electron chi connectivity index (χ1n) is 32.2. The van der Waals surface area contributed by atoms with Crippen molar-refractivity contribution < 1.29 is 52.0 Å². The first-order chi connectivity index (χ1) is 43.7. The molecule has 10 rings (SSSR count). The van der Waals surface area contributed by atoms with Crippen molar-refractivity contribution in [3.63, 3.8) is 0 Å². The predicted octanol–water partition coefficient (Wildman–Crippen LogP) is 13.3. The van der Waals surface area contributed by atoms with Crippen LogP contribution >= 0.6 is 0 Å². The smallest absolute Gasteiger partial charge is 0.410 e. The number of para-hydroxylation sites is 2. The highest BCUT2D eigenvalue weighted by Crippen LogP contribution is 2.40. The number of aryl methyl sites for hydroxylation is 2. The Morgan fingerprint density at radius 3 is 1.49 bits per heavy atom. The molecule has 4 atom stereocenters. The summed E-state index contributed by atoms with van der Waals surface area (Å²) < 4.78 is 55.9. The Balaban J connectivity index is 0.000000198. The van der Waals surface area contributed by atoms with Crippen molar-refractivity contribution in [2.75, 3.05) is 73.3 Å². The number of nitrogens with two attached hydrogens (primary N) is 1. The third-order valence-corrected chi connectivity index (χ3v) is 20.1. The molecule has 0 aliphatic carbocycles. The van der Waals surface area contributed by atoms with Crippen LogP contribution in [-0.2, 0) is 32.4 Å². The second kappa shape index (κ2) is 30.1. The van der Waals surface area contributed by atoms with Crippen LogP contribution in [0.3, 0.4) is 0 Å². The number of imidazole rings is 2. The lowest BCUT2D eigenvalue weighted by molar-refractivity contribution is 0.0193. The highest BCUT2D eigenvalue weighted by Gasteiger charge is 2.45. The molecule has 4 aliphatic rings. The van der Waals surface area contributed by atoms with Gasteiger partial charge in [0.2, 0.25) is 11.6 Å². The summed E-state index contributed by atoms with van der Waals surface area (Å²) in [6, 6.07) is 18.9. The fraction of sp³-hybridized carbons (Fsp3) is 0.529. The van der Waals surface area contributed by atoms with Crippen LogP contribution in [0.4, 0.5) is 41.1 Å². The van der Waals surface area contributed by atoms with Gasteiger partial charge in [-0.25, -0.2) is 33.1 Å². The van der Waals surface area contributed by atoms with Gasteiger partial charge in [-0.3, -0.25) is 14.8 Å². The number of aromatic nitrogens is 6. The van der Waals surface area contributed by atoms with Crippen LogP contribution < -0.4 is 20.9 Å². The number of carbonyl (C=O) groups is 4. The van der Waals surface area contributed by atoms with Crippen LogP contribution in [0.25, 0.3) is 22.5 Å². The summed E-state index contributed by atoms with van der Waals surface area (Å²) in [7, 11) is -2.46. The number of rotatable bonds is 17. The molecule has 3 amide bonds. The number of hydrogen-bond donors (Lipinski definition) is 3. The van der Waals surface area contributed by atoms with Crippen molar-refractivity contribution in [3.8, 4) is 22.5 Å². The van der Waals surface area contributed by atoms with E-state index in [0.717, 1.165) is 66.8 Å². The minimum Gasteiger partial charge on any atom is -0.475 e. The predicted molar refractivity (Wildman–Crippen MR) is 364 cm³/mol. The number of nitrogens with one attached hydrogen (secondary N) is 1. The first kappa shape index (κ1) is 71.1. The molecule has 0 saturated carbocycles. The summed E-state index contributed by atoms with van der Waals surface area (Å²) in [5.74, 6) is -1.36. The lowest BCUT2D eigenvalue weighted by atomic mass is 9.91. The van der Waals surface area contributed by atoms with E-state index in [0.29, 0.717) is 91.9 Å². The monoisotopic (exact) mass is 1320 g/mol. The standard InChI is InChI=1S/C34H47FN6O4Si.C18H26FN3O2.C16H23N3O3Si/c1-23-19-25(11-14-36-23)28-20-40(22-44-17-18-46(5,6)7)31(37-28)32(42)38-27-10-8-9-26(35)30(27)39-15-12-24-13-16-41(29(24)21-39)33(43)45-34(2,3)4;1-18(2,3)24-17(23)22-10-8-12-7-9-21(11-15(12)22)16-13(19)5-4-6-14(16)20;1-12-9-13(5-6-17-12)14-10-19(15(18-14)16(20)21)11-22-7-8-23(2,3)4/h8-11,14,19-20,24,29H,12-13,15-18,21-22H2,1-7H3,(H,38,42);4-6,12,15H,7-11,20H2,1-3H3;5-6,9-10H,7-8,11H2,1-4H3,(H,20,21). The zero-order valence-corrected chi connectivity index (χ0v) is 58.7. The number of benzene rings is 2. The van der Waals surface area contributed by atoms with Gasteiger partial charge in [0.25, 0.3) is 5.91 Å². The summed E-state index contributed by atoms with van der Waals surface area (Å²) in [4.78, 5) is 75.6. The van der Waals surface area contributed by atoms with Gasteiger partial charge in [0.1, 0.15) is 36.3 Å². The largest absolute Gasteiger partial charge is 0.475 e. The van der Waals surface area contributed by atoms with Crippen molar-refractivity contribution in [1.29, 1.82) is 0 Å². The van der Waals surface area contributed by atoms with Crippen LogP contribution in [0.1, 0.15) is 99.9 Å². The Labute approximate surface area is 548 Å². The SMILES string of the molecule is CC(C)(C)OC(=O)N1CCC2CCN(c3c(N)cccc3F)CC21.Cc1cc(-c2cn(COCC[Si](C)(C)C)c(C(=O)Nc3cccc(F)c3N3CCC4CCN(C(=O)OC(C)(C)C)C4C3)n2)ccn1.Cc1cc(-c2cn(COCC[Si](C)(C)C)c(C(=O)O)n2)ccn1. The van der Waals surface area contributed by atoms with Gasteiger partial charge in [0.15, 0.2) is 0 Å². The Hall–Kier alpha value is -7.75. The number of likely N-dealkylation sites (tertiary alicyclic amines) is 2. The lowest BCUT2D eigenvalue weighted by Crippen LogP contribution is -2.51. The number of carboxylic acid groups (broad SMARTS) is 1. The molecule has 2 aromatic carbocycles. The second-order valence-electron chi connectivity index (χ2n) is 29.0. The number of fused-ring (bicyclic) bond motifs is 2. The Kier molecular flexibility index (Phi) is 23.0.